The molecule has 134 valence electrons. The second-order valence-electron chi connectivity index (χ2n) is 5.79. The molecule has 0 saturated heterocycles. The van der Waals surface area contributed by atoms with Gasteiger partial charge in [0.15, 0.2) is 0 Å². The molecule has 3 amide bonds. The zero-order valence-corrected chi connectivity index (χ0v) is 15.4. The molecule has 2 aromatic rings. The number of hydrogen-bond acceptors (Lipinski definition) is 4. The summed E-state index contributed by atoms with van der Waals surface area (Å²) in [5.41, 5.74) is 2.77. The minimum absolute atomic E-state index is 0.138. The van der Waals surface area contributed by atoms with Gasteiger partial charge in [0.1, 0.15) is 0 Å². The SMILES string of the molecule is Cc1ccc(C(=O)NCCNC(=O)NCCCc2nc(C)cs2)cc1. The molecule has 6 nitrogen and oxygen atoms in total. The van der Waals surface area contributed by atoms with Gasteiger partial charge in [0.2, 0.25) is 0 Å². The molecule has 1 aromatic carbocycles. The predicted molar refractivity (Wildman–Crippen MR) is 100 cm³/mol. The first-order valence-corrected chi connectivity index (χ1v) is 9.20. The van der Waals surface area contributed by atoms with Crippen molar-refractivity contribution < 1.29 is 9.59 Å². The predicted octanol–water partition coefficient (Wildman–Crippen LogP) is 2.42. The summed E-state index contributed by atoms with van der Waals surface area (Å²) in [6.45, 7) is 5.32. The highest BCUT2D eigenvalue weighted by Gasteiger charge is 2.05. The van der Waals surface area contributed by atoms with Crippen molar-refractivity contribution in [3.63, 3.8) is 0 Å². The Balaban J connectivity index is 1.53. The van der Waals surface area contributed by atoms with Gasteiger partial charge in [-0.25, -0.2) is 9.78 Å². The molecule has 0 saturated carbocycles. The molecule has 0 bridgehead atoms. The molecular formula is C18H24N4O2S. The smallest absolute Gasteiger partial charge is 0.314 e. The molecule has 0 aliphatic carbocycles. The Bertz CT molecular complexity index is 697. The molecule has 0 unspecified atom stereocenters. The number of amides is 3. The highest BCUT2D eigenvalue weighted by Crippen LogP contribution is 2.10. The molecule has 1 heterocycles. The standard InChI is InChI=1S/C18H24N4O2S/c1-13-5-7-15(8-6-13)17(23)19-10-11-21-18(24)20-9-3-4-16-22-14(2)12-25-16/h5-8,12H,3-4,9-11H2,1-2H3,(H,19,23)(H2,20,21,24). The van der Waals surface area contributed by atoms with Crippen LogP contribution in [0.4, 0.5) is 4.79 Å². The van der Waals surface area contributed by atoms with Gasteiger partial charge in [-0.1, -0.05) is 17.7 Å². The lowest BCUT2D eigenvalue weighted by atomic mass is 10.1. The topological polar surface area (TPSA) is 83.1 Å². The summed E-state index contributed by atoms with van der Waals surface area (Å²) in [7, 11) is 0. The quantitative estimate of drug-likeness (QED) is 0.632. The lowest BCUT2D eigenvalue weighted by Crippen LogP contribution is -2.40. The van der Waals surface area contributed by atoms with Crippen molar-refractivity contribution in [3.8, 4) is 0 Å². The highest BCUT2D eigenvalue weighted by atomic mass is 32.1. The van der Waals surface area contributed by atoms with Crippen LogP contribution in [-0.2, 0) is 6.42 Å². The minimum atomic E-state index is -0.222. The number of thiazole rings is 1. The number of benzene rings is 1. The number of carbonyl (C=O) groups is 2. The minimum Gasteiger partial charge on any atom is -0.350 e. The summed E-state index contributed by atoms with van der Waals surface area (Å²) in [5, 5.41) is 11.4. The molecule has 0 spiro atoms. The van der Waals surface area contributed by atoms with E-state index in [2.05, 4.69) is 20.9 Å². The van der Waals surface area contributed by atoms with Crippen LogP contribution >= 0.6 is 11.3 Å². The van der Waals surface area contributed by atoms with Crippen LogP contribution in [0.15, 0.2) is 29.6 Å². The third-order valence-electron chi connectivity index (χ3n) is 3.53. The fraction of sp³-hybridized carbons (Fsp3) is 0.389. The first-order valence-electron chi connectivity index (χ1n) is 8.32. The number of rotatable bonds is 8. The summed E-state index contributed by atoms with van der Waals surface area (Å²) >= 11 is 1.65. The number of hydrogen-bond donors (Lipinski definition) is 3. The van der Waals surface area contributed by atoms with Gasteiger partial charge in [0.05, 0.1) is 5.01 Å². The van der Waals surface area contributed by atoms with Crippen LogP contribution in [0.3, 0.4) is 0 Å². The second-order valence-corrected chi connectivity index (χ2v) is 6.73. The maximum atomic E-state index is 11.9. The first-order chi connectivity index (χ1) is 12.0. The first kappa shape index (κ1) is 18.9. The van der Waals surface area contributed by atoms with Crippen LogP contribution in [0, 0.1) is 13.8 Å². The van der Waals surface area contributed by atoms with Crippen molar-refractivity contribution in [2.75, 3.05) is 19.6 Å². The Morgan fingerprint density at radius 1 is 1.00 bits per heavy atom. The van der Waals surface area contributed by atoms with Crippen molar-refractivity contribution >= 4 is 23.3 Å². The number of aromatic nitrogens is 1. The molecule has 25 heavy (non-hydrogen) atoms. The zero-order valence-electron chi connectivity index (χ0n) is 14.6. The molecule has 0 radical (unpaired) electrons. The molecule has 1 aromatic heterocycles. The largest absolute Gasteiger partial charge is 0.350 e. The molecule has 0 atom stereocenters. The van der Waals surface area contributed by atoms with Crippen LogP contribution in [0.2, 0.25) is 0 Å². The summed E-state index contributed by atoms with van der Waals surface area (Å²) in [4.78, 5) is 28.0. The van der Waals surface area contributed by atoms with Gasteiger partial charge in [0.25, 0.3) is 5.91 Å². The maximum absolute atomic E-state index is 11.9. The Morgan fingerprint density at radius 2 is 1.68 bits per heavy atom. The summed E-state index contributed by atoms with van der Waals surface area (Å²) in [6, 6.07) is 7.14. The van der Waals surface area contributed by atoms with Crippen LogP contribution in [0.5, 0.6) is 0 Å². The van der Waals surface area contributed by atoms with Gasteiger partial charge in [-0.3, -0.25) is 4.79 Å². The van der Waals surface area contributed by atoms with E-state index >= 15 is 0 Å². The van der Waals surface area contributed by atoms with Crippen molar-refractivity contribution in [1.82, 2.24) is 20.9 Å². The van der Waals surface area contributed by atoms with E-state index in [1.165, 1.54) is 0 Å². The fourth-order valence-corrected chi connectivity index (χ4v) is 3.00. The summed E-state index contributed by atoms with van der Waals surface area (Å²) in [6.07, 6.45) is 1.72. The second kappa shape index (κ2) is 9.78. The molecule has 2 rings (SSSR count). The lowest BCUT2D eigenvalue weighted by Gasteiger charge is -2.08. The van der Waals surface area contributed by atoms with E-state index in [4.69, 9.17) is 0 Å². The molecule has 0 fully saturated rings. The van der Waals surface area contributed by atoms with E-state index in [1.807, 2.05) is 31.4 Å². The molecule has 3 N–H and O–H groups in total. The third-order valence-corrected chi connectivity index (χ3v) is 4.56. The lowest BCUT2D eigenvalue weighted by molar-refractivity contribution is 0.0954. The van der Waals surface area contributed by atoms with Crippen LogP contribution in [0.1, 0.15) is 33.0 Å². The number of nitrogens with zero attached hydrogens (tertiary/aromatic N) is 1. The van der Waals surface area contributed by atoms with Crippen LogP contribution in [-0.4, -0.2) is 36.6 Å². The van der Waals surface area contributed by atoms with Crippen LogP contribution in [0.25, 0.3) is 0 Å². The number of carbonyl (C=O) groups excluding carboxylic acids is 2. The zero-order chi connectivity index (χ0) is 18.1. The molecular weight excluding hydrogens is 336 g/mol. The van der Waals surface area contributed by atoms with Gasteiger partial charge >= 0.3 is 6.03 Å². The number of nitrogens with one attached hydrogen (secondary N) is 3. The Morgan fingerprint density at radius 3 is 2.36 bits per heavy atom. The normalized spacial score (nSPS) is 10.3. The average Bonchev–Trinajstić information content (AvgIpc) is 3.01. The molecule has 0 aliphatic rings. The van der Waals surface area contributed by atoms with Crippen molar-refractivity contribution in [2.24, 2.45) is 0 Å². The van der Waals surface area contributed by atoms with E-state index in [-0.39, 0.29) is 11.9 Å². The van der Waals surface area contributed by atoms with Gasteiger partial charge in [-0.15, -0.1) is 11.3 Å². The Hall–Kier alpha value is -2.41. The van der Waals surface area contributed by atoms with Gasteiger partial charge in [-0.05, 0) is 32.4 Å². The van der Waals surface area contributed by atoms with E-state index in [9.17, 15) is 9.59 Å². The number of urea groups is 1. The van der Waals surface area contributed by atoms with Crippen molar-refractivity contribution in [2.45, 2.75) is 26.7 Å². The maximum Gasteiger partial charge on any atom is 0.314 e. The van der Waals surface area contributed by atoms with Gasteiger partial charge in [0, 0.05) is 42.7 Å². The van der Waals surface area contributed by atoms with Crippen molar-refractivity contribution in [1.29, 1.82) is 0 Å². The average molecular weight is 360 g/mol. The Kier molecular flexibility index (Phi) is 7.40. The van der Waals surface area contributed by atoms with Gasteiger partial charge < -0.3 is 16.0 Å². The van der Waals surface area contributed by atoms with E-state index in [1.54, 1.807) is 23.5 Å². The van der Waals surface area contributed by atoms with Gasteiger partial charge in [-0.2, -0.15) is 0 Å². The van der Waals surface area contributed by atoms with E-state index in [0.717, 1.165) is 29.1 Å². The van der Waals surface area contributed by atoms with Crippen LogP contribution < -0.4 is 16.0 Å². The molecule has 0 aliphatic heterocycles. The monoisotopic (exact) mass is 360 g/mol. The highest BCUT2D eigenvalue weighted by molar-refractivity contribution is 7.09. The fourth-order valence-electron chi connectivity index (χ4n) is 2.18. The van der Waals surface area contributed by atoms with E-state index in [0.29, 0.717) is 25.2 Å². The summed E-state index contributed by atoms with van der Waals surface area (Å²) in [5.74, 6) is -0.138. The Labute approximate surface area is 152 Å². The molecule has 7 heteroatoms. The summed E-state index contributed by atoms with van der Waals surface area (Å²) < 4.78 is 0. The number of aryl methyl sites for hydroxylation is 3. The third kappa shape index (κ3) is 6.93. The van der Waals surface area contributed by atoms with Crippen molar-refractivity contribution in [3.05, 3.63) is 51.5 Å². The van der Waals surface area contributed by atoms with E-state index < -0.39 is 0 Å².